The number of methoxy groups -OCH3 is 2. The molecule has 1 atom stereocenters. The fourth-order valence-electron chi connectivity index (χ4n) is 3.74. The van der Waals surface area contributed by atoms with Gasteiger partial charge in [-0.3, -0.25) is 10.1 Å². The highest BCUT2D eigenvalue weighted by Gasteiger charge is 2.16. The summed E-state index contributed by atoms with van der Waals surface area (Å²) in [6.45, 7) is 7.70. The maximum Gasteiger partial charge on any atom is 0.335 e. The number of carboxylic acid groups (broad SMARTS) is 1. The molecule has 0 heterocycles. The van der Waals surface area contributed by atoms with Gasteiger partial charge in [0.15, 0.2) is 17.3 Å². The molecule has 10 heteroatoms. The van der Waals surface area contributed by atoms with Gasteiger partial charge in [0.05, 0.1) is 25.5 Å². The minimum atomic E-state index is -1.07. The molecule has 210 valence electrons. The van der Waals surface area contributed by atoms with Gasteiger partial charge in [-0.2, -0.15) is 0 Å². The highest BCUT2D eigenvalue weighted by Crippen LogP contribution is 2.29. The van der Waals surface area contributed by atoms with E-state index in [1.165, 1.54) is 32.4 Å². The molecule has 3 aromatic carbocycles. The summed E-state index contributed by atoms with van der Waals surface area (Å²) in [5.41, 5.74) is 3.21. The van der Waals surface area contributed by atoms with Crippen LogP contribution in [0.2, 0.25) is 0 Å². The standard InChI is InChI=1S/C30H33N3O7/c1-18-8-6-7-9-23(18)32-30(37)33-24-12-10-21(15-27(24)38-4)14-25(34)19(2)17-31-20(3)40-26-13-11-22(29(35)36)16-28(26)39-5/h6-13,15-16,20,31H,2,14,17H2,1,3-5H3,(H,35,36)(H2,32,33,37). The van der Waals surface area contributed by atoms with Crippen LogP contribution in [0.25, 0.3) is 0 Å². The zero-order valence-electron chi connectivity index (χ0n) is 22.9. The maximum atomic E-state index is 12.8. The van der Waals surface area contributed by atoms with E-state index in [4.69, 9.17) is 19.3 Å². The molecule has 0 radical (unpaired) electrons. The van der Waals surface area contributed by atoms with E-state index in [0.29, 0.717) is 34.0 Å². The summed E-state index contributed by atoms with van der Waals surface area (Å²) in [5.74, 6) is -0.194. The number of ether oxygens (including phenoxy) is 3. The lowest BCUT2D eigenvalue weighted by atomic mass is 10.0. The van der Waals surface area contributed by atoms with Crippen LogP contribution in [0.4, 0.5) is 16.2 Å². The van der Waals surface area contributed by atoms with Gasteiger partial charge in [0.2, 0.25) is 0 Å². The Balaban J connectivity index is 1.54. The first-order valence-electron chi connectivity index (χ1n) is 12.4. The summed E-state index contributed by atoms with van der Waals surface area (Å²) in [6.07, 6.45) is -0.433. The maximum absolute atomic E-state index is 12.8. The van der Waals surface area contributed by atoms with E-state index in [1.807, 2.05) is 31.2 Å². The van der Waals surface area contributed by atoms with Gasteiger partial charge in [0.25, 0.3) is 0 Å². The first kappa shape index (κ1) is 29.7. The molecule has 3 rings (SSSR count). The van der Waals surface area contributed by atoms with Gasteiger partial charge >= 0.3 is 12.0 Å². The molecule has 4 N–H and O–H groups in total. The highest BCUT2D eigenvalue weighted by atomic mass is 16.5. The van der Waals surface area contributed by atoms with Crippen LogP contribution in [0.3, 0.4) is 0 Å². The Morgan fingerprint density at radius 3 is 2.27 bits per heavy atom. The van der Waals surface area contributed by atoms with Crippen LogP contribution in [-0.4, -0.2) is 49.9 Å². The molecule has 40 heavy (non-hydrogen) atoms. The number of anilines is 2. The van der Waals surface area contributed by atoms with Crippen molar-refractivity contribution in [3.8, 4) is 17.2 Å². The Hall–Kier alpha value is -4.83. The normalized spacial score (nSPS) is 11.2. The summed E-state index contributed by atoms with van der Waals surface area (Å²) in [6, 6.07) is 16.4. The predicted molar refractivity (Wildman–Crippen MR) is 153 cm³/mol. The summed E-state index contributed by atoms with van der Waals surface area (Å²) in [4.78, 5) is 36.5. The van der Waals surface area contributed by atoms with Crippen molar-refractivity contribution in [2.45, 2.75) is 26.5 Å². The van der Waals surface area contributed by atoms with Gasteiger partial charge in [-0.15, -0.1) is 0 Å². The minimum Gasteiger partial charge on any atom is -0.495 e. The summed E-state index contributed by atoms with van der Waals surface area (Å²) in [7, 11) is 2.91. The highest BCUT2D eigenvalue weighted by molar-refractivity contribution is 6.01. The number of aromatic carboxylic acids is 1. The monoisotopic (exact) mass is 547 g/mol. The van der Waals surface area contributed by atoms with Gasteiger partial charge in [-0.1, -0.05) is 30.8 Å². The zero-order chi connectivity index (χ0) is 29.2. The van der Waals surface area contributed by atoms with E-state index in [9.17, 15) is 14.4 Å². The van der Waals surface area contributed by atoms with E-state index in [-0.39, 0.29) is 30.1 Å². The van der Waals surface area contributed by atoms with Crippen molar-refractivity contribution >= 4 is 29.2 Å². The summed E-state index contributed by atoms with van der Waals surface area (Å²) >= 11 is 0. The lowest BCUT2D eigenvalue weighted by Crippen LogP contribution is -2.34. The average Bonchev–Trinajstić information content (AvgIpc) is 2.93. The van der Waals surface area contributed by atoms with E-state index < -0.39 is 18.2 Å². The van der Waals surface area contributed by atoms with Gasteiger partial charge in [-0.05, 0) is 61.4 Å². The van der Waals surface area contributed by atoms with E-state index in [1.54, 1.807) is 25.1 Å². The Bertz CT molecular complexity index is 1400. The van der Waals surface area contributed by atoms with Crippen molar-refractivity contribution in [1.82, 2.24) is 5.32 Å². The van der Waals surface area contributed by atoms with E-state index in [2.05, 4.69) is 22.5 Å². The number of para-hydroxylation sites is 1. The Labute approximate surface area is 233 Å². The Morgan fingerprint density at radius 1 is 0.900 bits per heavy atom. The van der Waals surface area contributed by atoms with Crippen molar-refractivity contribution in [3.63, 3.8) is 0 Å². The van der Waals surface area contributed by atoms with Crippen LogP contribution < -0.4 is 30.2 Å². The molecule has 2 amide bonds. The Morgan fingerprint density at radius 2 is 1.60 bits per heavy atom. The second-order valence-electron chi connectivity index (χ2n) is 8.94. The SMILES string of the molecule is C=C(CNC(C)Oc1ccc(C(=O)O)cc1OC)C(=O)Cc1ccc(NC(=O)Nc2ccccc2C)c(OC)c1. The van der Waals surface area contributed by atoms with Crippen LogP contribution in [0.5, 0.6) is 17.2 Å². The molecule has 0 saturated carbocycles. The Kier molecular flexibility index (Phi) is 10.3. The number of urea groups is 1. The number of carboxylic acids is 1. The third-order valence-corrected chi connectivity index (χ3v) is 5.98. The van der Waals surface area contributed by atoms with Crippen molar-refractivity contribution in [2.75, 3.05) is 31.4 Å². The van der Waals surface area contributed by atoms with Crippen molar-refractivity contribution < 1.29 is 33.7 Å². The van der Waals surface area contributed by atoms with Crippen LogP contribution in [0.1, 0.15) is 28.4 Å². The molecular weight excluding hydrogens is 514 g/mol. The van der Waals surface area contributed by atoms with Gasteiger partial charge in [0.1, 0.15) is 12.0 Å². The number of carbonyl (C=O) groups is 3. The van der Waals surface area contributed by atoms with E-state index >= 15 is 0 Å². The molecule has 0 fully saturated rings. The molecule has 10 nitrogen and oxygen atoms in total. The first-order valence-corrected chi connectivity index (χ1v) is 12.4. The number of ketones is 1. The van der Waals surface area contributed by atoms with Crippen molar-refractivity contribution in [3.05, 3.63) is 89.5 Å². The largest absolute Gasteiger partial charge is 0.495 e. The molecule has 0 saturated heterocycles. The third kappa shape index (κ3) is 8.08. The number of rotatable bonds is 13. The van der Waals surface area contributed by atoms with Crippen LogP contribution >= 0.6 is 0 Å². The summed E-state index contributed by atoms with van der Waals surface area (Å²) in [5, 5.41) is 17.8. The minimum absolute atomic E-state index is 0.0785. The third-order valence-electron chi connectivity index (χ3n) is 5.98. The smallest absolute Gasteiger partial charge is 0.335 e. The second kappa shape index (κ2) is 13.8. The number of hydrogen-bond acceptors (Lipinski definition) is 7. The van der Waals surface area contributed by atoms with Crippen LogP contribution in [0, 0.1) is 6.92 Å². The average molecular weight is 548 g/mol. The quantitative estimate of drug-likeness (QED) is 0.173. The number of amides is 2. The first-order chi connectivity index (χ1) is 19.1. The fourth-order valence-corrected chi connectivity index (χ4v) is 3.74. The molecule has 0 aliphatic rings. The molecule has 0 aliphatic heterocycles. The van der Waals surface area contributed by atoms with Gasteiger partial charge < -0.3 is 30.0 Å². The van der Waals surface area contributed by atoms with Gasteiger partial charge in [-0.25, -0.2) is 9.59 Å². The lowest BCUT2D eigenvalue weighted by molar-refractivity contribution is -0.115. The summed E-state index contributed by atoms with van der Waals surface area (Å²) < 4.78 is 16.5. The number of nitrogens with one attached hydrogen (secondary N) is 3. The van der Waals surface area contributed by atoms with Gasteiger partial charge in [0, 0.05) is 24.2 Å². The molecule has 0 aliphatic carbocycles. The molecule has 0 spiro atoms. The lowest BCUT2D eigenvalue weighted by Gasteiger charge is -2.19. The molecule has 3 aromatic rings. The molecular formula is C30H33N3O7. The number of aryl methyl sites for hydroxylation is 1. The topological polar surface area (TPSA) is 135 Å². The predicted octanol–water partition coefficient (Wildman–Crippen LogP) is 5.04. The molecule has 1 unspecified atom stereocenters. The molecule has 0 bridgehead atoms. The number of carbonyl (C=O) groups excluding carboxylic acids is 2. The van der Waals surface area contributed by atoms with Crippen molar-refractivity contribution in [2.24, 2.45) is 0 Å². The second-order valence-corrected chi connectivity index (χ2v) is 8.94. The fraction of sp³-hybridized carbons (Fsp3) is 0.233. The van der Waals surface area contributed by atoms with Crippen molar-refractivity contribution in [1.29, 1.82) is 0 Å². The number of benzene rings is 3. The number of hydrogen-bond donors (Lipinski definition) is 4. The number of Topliss-reactive ketones (excluding diaryl/α,β-unsaturated/α-hetero) is 1. The zero-order valence-corrected chi connectivity index (χ0v) is 22.9. The van der Waals surface area contributed by atoms with Crippen LogP contribution in [0.15, 0.2) is 72.8 Å². The van der Waals surface area contributed by atoms with Crippen LogP contribution in [-0.2, 0) is 11.2 Å². The van der Waals surface area contributed by atoms with E-state index in [0.717, 1.165) is 5.56 Å². The molecule has 0 aromatic heterocycles.